The van der Waals surface area contributed by atoms with Crippen molar-refractivity contribution in [1.29, 1.82) is 0 Å². The van der Waals surface area contributed by atoms with Crippen LogP contribution >= 0.6 is 15.9 Å². The lowest BCUT2D eigenvalue weighted by molar-refractivity contribution is 0.0697. The molecule has 0 aromatic heterocycles. The molecule has 1 aromatic rings. The summed E-state index contributed by atoms with van der Waals surface area (Å²) in [5, 5.41) is 9.10. The molecule has 0 amide bonds. The molecule has 104 valence electrons. The van der Waals surface area contributed by atoms with E-state index >= 15 is 0 Å². The maximum atomic E-state index is 11.1. The van der Waals surface area contributed by atoms with E-state index in [1.54, 1.807) is 12.1 Å². The summed E-state index contributed by atoms with van der Waals surface area (Å²) in [4.78, 5) is 15.6. The summed E-state index contributed by atoms with van der Waals surface area (Å²) in [6.45, 7) is 1.94. The Morgan fingerprint density at radius 2 is 1.95 bits per heavy atom. The summed E-state index contributed by atoms with van der Waals surface area (Å²) in [6.07, 6.45) is 2.23. The Labute approximate surface area is 122 Å². The van der Waals surface area contributed by atoms with Gasteiger partial charge in [-0.3, -0.25) is 0 Å². The molecule has 1 saturated heterocycles. The van der Waals surface area contributed by atoms with Gasteiger partial charge >= 0.3 is 5.97 Å². The summed E-state index contributed by atoms with van der Waals surface area (Å²) in [6, 6.07) is 6.01. The van der Waals surface area contributed by atoms with Gasteiger partial charge in [0.15, 0.2) is 0 Å². The fraction of sp³-hybridized carbons (Fsp3) is 0.500. The van der Waals surface area contributed by atoms with Gasteiger partial charge in [0.25, 0.3) is 0 Å². The lowest BCUT2D eigenvalue weighted by Gasteiger charge is -2.36. The smallest absolute Gasteiger partial charge is 0.335 e. The molecule has 1 aliphatic rings. The first-order valence-electron chi connectivity index (χ1n) is 6.42. The lowest BCUT2D eigenvalue weighted by Crippen LogP contribution is -2.42. The summed E-state index contributed by atoms with van der Waals surface area (Å²) in [5.74, 6) is -0.884. The van der Waals surface area contributed by atoms with Crippen molar-refractivity contribution in [3.8, 4) is 0 Å². The third kappa shape index (κ3) is 3.48. The van der Waals surface area contributed by atoms with E-state index in [4.69, 9.17) is 5.11 Å². The van der Waals surface area contributed by atoms with Crippen molar-refractivity contribution in [3.05, 3.63) is 28.2 Å². The molecule has 0 unspecified atom stereocenters. The zero-order valence-corrected chi connectivity index (χ0v) is 12.9. The first-order chi connectivity index (χ1) is 8.97. The van der Waals surface area contributed by atoms with Crippen molar-refractivity contribution < 1.29 is 9.90 Å². The molecule has 1 aliphatic heterocycles. The molecule has 1 N–H and O–H groups in total. The van der Waals surface area contributed by atoms with Crippen LogP contribution in [0.2, 0.25) is 0 Å². The zero-order chi connectivity index (χ0) is 14.0. The van der Waals surface area contributed by atoms with Crippen LogP contribution < -0.4 is 4.90 Å². The summed E-state index contributed by atoms with van der Waals surface area (Å²) in [5.41, 5.74) is 1.32. The minimum Gasteiger partial charge on any atom is -0.478 e. The first-order valence-corrected chi connectivity index (χ1v) is 7.22. The Bertz CT molecular complexity index is 469. The summed E-state index contributed by atoms with van der Waals surface area (Å²) in [7, 11) is 4.23. The second-order valence-electron chi connectivity index (χ2n) is 5.19. The highest BCUT2D eigenvalue weighted by molar-refractivity contribution is 9.10. The van der Waals surface area contributed by atoms with E-state index < -0.39 is 5.97 Å². The molecule has 0 radical (unpaired) electrons. The minimum absolute atomic E-state index is 0.333. The highest BCUT2D eigenvalue weighted by Gasteiger charge is 2.21. The number of anilines is 1. The van der Waals surface area contributed by atoms with E-state index in [-0.39, 0.29) is 0 Å². The fourth-order valence-corrected chi connectivity index (χ4v) is 3.00. The van der Waals surface area contributed by atoms with Gasteiger partial charge in [0, 0.05) is 29.3 Å². The van der Waals surface area contributed by atoms with Gasteiger partial charge in [0.2, 0.25) is 0 Å². The van der Waals surface area contributed by atoms with Gasteiger partial charge in [-0.2, -0.15) is 0 Å². The molecule has 5 heteroatoms. The Balaban J connectivity index is 2.13. The van der Waals surface area contributed by atoms with Gasteiger partial charge < -0.3 is 14.9 Å². The Hall–Kier alpha value is -1.07. The number of nitrogens with zero attached hydrogens (tertiary/aromatic N) is 2. The van der Waals surface area contributed by atoms with Crippen LogP contribution in [0, 0.1) is 0 Å². The third-order valence-electron chi connectivity index (χ3n) is 3.69. The second kappa shape index (κ2) is 5.92. The van der Waals surface area contributed by atoms with E-state index in [9.17, 15) is 4.79 Å². The van der Waals surface area contributed by atoms with Crippen LogP contribution in [0.25, 0.3) is 0 Å². The number of benzene rings is 1. The van der Waals surface area contributed by atoms with Crippen molar-refractivity contribution >= 4 is 27.6 Å². The Kier molecular flexibility index (Phi) is 4.47. The third-order valence-corrected chi connectivity index (χ3v) is 4.15. The molecule has 1 heterocycles. The number of carbonyl (C=O) groups is 1. The maximum Gasteiger partial charge on any atom is 0.335 e. The normalized spacial score (nSPS) is 16.9. The lowest BCUT2D eigenvalue weighted by atomic mass is 10.0. The second-order valence-corrected chi connectivity index (χ2v) is 6.10. The van der Waals surface area contributed by atoms with Gasteiger partial charge in [-0.1, -0.05) is 15.9 Å². The largest absolute Gasteiger partial charge is 0.478 e. The molecule has 1 aromatic carbocycles. The highest BCUT2D eigenvalue weighted by Crippen LogP contribution is 2.26. The van der Waals surface area contributed by atoms with Crippen LogP contribution in [0.4, 0.5) is 5.69 Å². The number of hydrogen-bond donors (Lipinski definition) is 1. The molecule has 0 bridgehead atoms. The van der Waals surface area contributed by atoms with Gasteiger partial charge in [-0.15, -0.1) is 0 Å². The predicted octanol–water partition coefficient (Wildman–Crippen LogP) is 2.68. The number of hydrogen-bond acceptors (Lipinski definition) is 3. The quantitative estimate of drug-likeness (QED) is 0.927. The number of piperidine rings is 1. The number of halogens is 1. The number of carboxylic acids is 1. The molecular weight excluding hydrogens is 308 g/mol. The molecule has 1 fully saturated rings. The van der Waals surface area contributed by atoms with Crippen LogP contribution in [0.5, 0.6) is 0 Å². The molecule has 4 nitrogen and oxygen atoms in total. The van der Waals surface area contributed by atoms with Crippen molar-refractivity contribution in [2.75, 3.05) is 32.1 Å². The van der Waals surface area contributed by atoms with Crippen molar-refractivity contribution in [3.63, 3.8) is 0 Å². The SMILES string of the molecule is CN(C)C1CCN(c2cc(Br)cc(C(=O)O)c2)CC1. The van der Waals surface area contributed by atoms with E-state index in [0.717, 1.165) is 36.1 Å². The summed E-state index contributed by atoms with van der Waals surface area (Å²) < 4.78 is 0.817. The molecular formula is C14H19BrN2O2. The molecule has 0 saturated carbocycles. The number of carboxylic acid groups (broad SMARTS) is 1. The van der Waals surface area contributed by atoms with Gasteiger partial charge in [0.1, 0.15) is 0 Å². The van der Waals surface area contributed by atoms with Crippen LogP contribution in [0.3, 0.4) is 0 Å². The van der Waals surface area contributed by atoms with Gasteiger partial charge in [-0.05, 0) is 45.1 Å². The average molecular weight is 327 g/mol. The van der Waals surface area contributed by atoms with Crippen molar-refractivity contribution in [2.24, 2.45) is 0 Å². The van der Waals surface area contributed by atoms with E-state index in [0.29, 0.717) is 11.6 Å². The zero-order valence-electron chi connectivity index (χ0n) is 11.3. The Morgan fingerprint density at radius 1 is 1.32 bits per heavy atom. The van der Waals surface area contributed by atoms with Crippen LogP contribution in [-0.2, 0) is 0 Å². The molecule has 0 spiro atoms. The number of aromatic carboxylic acids is 1. The van der Waals surface area contributed by atoms with Crippen molar-refractivity contribution in [2.45, 2.75) is 18.9 Å². The predicted molar refractivity (Wildman–Crippen MR) is 80.0 cm³/mol. The van der Waals surface area contributed by atoms with Gasteiger partial charge in [-0.25, -0.2) is 4.79 Å². The minimum atomic E-state index is -0.884. The average Bonchev–Trinajstić information content (AvgIpc) is 2.38. The first kappa shape index (κ1) is 14.3. The van der Waals surface area contributed by atoms with E-state index in [1.807, 2.05) is 6.07 Å². The monoisotopic (exact) mass is 326 g/mol. The topological polar surface area (TPSA) is 43.8 Å². The molecule has 2 rings (SSSR count). The van der Waals surface area contributed by atoms with Crippen molar-refractivity contribution in [1.82, 2.24) is 4.90 Å². The maximum absolute atomic E-state index is 11.1. The fourth-order valence-electron chi connectivity index (χ4n) is 2.52. The van der Waals surface area contributed by atoms with Gasteiger partial charge in [0.05, 0.1) is 5.56 Å². The standard InChI is InChI=1S/C14H19BrN2O2/c1-16(2)12-3-5-17(6-4-12)13-8-10(14(18)19)7-11(15)9-13/h7-9,12H,3-6H2,1-2H3,(H,18,19). The van der Waals surface area contributed by atoms with Crippen LogP contribution in [-0.4, -0.2) is 49.2 Å². The highest BCUT2D eigenvalue weighted by atomic mass is 79.9. The van der Waals surface area contributed by atoms with Crippen LogP contribution in [0.15, 0.2) is 22.7 Å². The van der Waals surface area contributed by atoms with E-state index in [2.05, 4.69) is 39.8 Å². The Morgan fingerprint density at radius 3 is 2.47 bits per heavy atom. The molecule has 19 heavy (non-hydrogen) atoms. The van der Waals surface area contributed by atoms with E-state index in [1.165, 1.54) is 0 Å². The number of rotatable bonds is 3. The molecule has 0 aliphatic carbocycles. The molecule has 0 atom stereocenters. The summed E-state index contributed by atoms with van der Waals surface area (Å²) >= 11 is 3.38. The van der Waals surface area contributed by atoms with Crippen LogP contribution in [0.1, 0.15) is 23.2 Å².